The zero-order valence-electron chi connectivity index (χ0n) is 22.8. The lowest BCUT2D eigenvalue weighted by atomic mass is 10.0. The van der Waals surface area contributed by atoms with Crippen molar-refractivity contribution in [1.29, 1.82) is 0 Å². The van der Waals surface area contributed by atoms with Gasteiger partial charge in [0.05, 0.1) is 11.0 Å². The Morgan fingerprint density at radius 1 is 0.558 bits per heavy atom. The van der Waals surface area contributed by atoms with Crippen molar-refractivity contribution >= 4 is 80.0 Å². The van der Waals surface area contributed by atoms with Gasteiger partial charge in [0.15, 0.2) is 0 Å². The largest absolute Gasteiger partial charge is 0.309 e. The van der Waals surface area contributed by atoms with E-state index in [4.69, 9.17) is 0 Å². The van der Waals surface area contributed by atoms with Crippen molar-refractivity contribution in [2.45, 2.75) is 0 Å². The van der Waals surface area contributed by atoms with E-state index in [1.165, 1.54) is 52.8 Å². The fraction of sp³-hybridized carbons (Fsp3) is 0. The molecule has 202 valence electrons. The third-order valence-corrected chi connectivity index (χ3v) is 10.2. The monoisotopic (exact) mass is 631 g/mol. The zero-order valence-corrected chi connectivity index (χ0v) is 25.2. The Balaban J connectivity index is 1.39. The molecular formula is C38H22BrN3S. The van der Waals surface area contributed by atoms with E-state index in [-0.39, 0.29) is 0 Å². The maximum Gasteiger partial charge on any atom is 0.0548 e. The summed E-state index contributed by atoms with van der Waals surface area (Å²) in [6, 6.07) is 39.5. The molecule has 43 heavy (non-hydrogen) atoms. The summed E-state index contributed by atoms with van der Waals surface area (Å²) < 4.78 is 6.15. The molecule has 0 aliphatic heterocycles. The van der Waals surface area contributed by atoms with Crippen LogP contribution in [0.15, 0.2) is 138 Å². The minimum absolute atomic E-state index is 1.10. The van der Waals surface area contributed by atoms with E-state index >= 15 is 0 Å². The summed E-state index contributed by atoms with van der Waals surface area (Å²) in [5.74, 6) is 0. The van der Waals surface area contributed by atoms with Gasteiger partial charge < -0.3 is 4.57 Å². The van der Waals surface area contributed by atoms with Crippen LogP contribution < -0.4 is 0 Å². The highest BCUT2D eigenvalue weighted by Crippen LogP contribution is 2.46. The lowest BCUT2D eigenvalue weighted by Gasteiger charge is -2.11. The molecule has 0 atom stereocenters. The standard InChI is InChI=1S/C38H22BrN3S/c39-33-18-25-6-1-2-11-29(25)38-37(33)32-19-35-31(20-36(32)43-38)30-17-24(27-9-5-15-41-22-27)12-13-34(30)42(35)28-10-3-7-23(16-28)26-8-4-14-40-21-26/h1-22H. The predicted octanol–water partition coefficient (Wildman–Crippen LogP) is 11.2. The van der Waals surface area contributed by atoms with Crippen LogP contribution in [0.3, 0.4) is 0 Å². The van der Waals surface area contributed by atoms with E-state index in [0.29, 0.717) is 0 Å². The van der Waals surface area contributed by atoms with Gasteiger partial charge in [0.2, 0.25) is 0 Å². The fourth-order valence-corrected chi connectivity index (χ4v) is 8.50. The molecule has 4 heterocycles. The first-order chi connectivity index (χ1) is 21.2. The van der Waals surface area contributed by atoms with Gasteiger partial charge in [-0.1, -0.05) is 70.5 Å². The molecule has 0 aliphatic carbocycles. The molecule has 0 aliphatic rings. The molecule has 9 rings (SSSR count). The van der Waals surface area contributed by atoms with Gasteiger partial charge in [-0.3, -0.25) is 9.97 Å². The number of nitrogens with zero attached hydrogens (tertiary/aromatic N) is 3. The Morgan fingerprint density at radius 3 is 2.09 bits per heavy atom. The van der Waals surface area contributed by atoms with Crippen molar-refractivity contribution < 1.29 is 0 Å². The van der Waals surface area contributed by atoms with E-state index in [9.17, 15) is 0 Å². The van der Waals surface area contributed by atoms with E-state index in [1.807, 2.05) is 48.3 Å². The first-order valence-corrected chi connectivity index (χ1v) is 15.8. The van der Waals surface area contributed by atoms with E-state index in [2.05, 4.69) is 128 Å². The summed E-state index contributed by atoms with van der Waals surface area (Å²) in [6.07, 6.45) is 7.50. The topological polar surface area (TPSA) is 30.7 Å². The number of benzene rings is 5. The third-order valence-electron chi connectivity index (χ3n) is 8.40. The lowest BCUT2D eigenvalue weighted by molar-refractivity contribution is 1.18. The summed E-state index contributed by atoms with van der Waals surface area (Å²) in [7, 11) is 0. The van der Waals surface area contributed by atoms with Gasteiger partial charge in [0.1, 0.15) is 0 Å². The summed E-state index contributed by atoms with van der Waals surface area (Å²) in [5, 5.41) is 7.56. The molecule has 0 unspecified atom stereocenters. The van der Waals surface area contributed by atoms with Gasteiger partial charge in [0.25, 0.3) is 0 Å². The van der Waals surface area contributed by atoms with E-state index in [1.54, 1.807) is 0 Å². The van der Waals surface area contributed by atoms with Crippen LogP contribution in [0.25, 0.3) is 80.7 Å². The summed E-state index contributed by atoms with van der Waals surface area (Å²) in [4.78, 5) is 8.74. The van der Waals surface area contributed by atoms with Crippen molar-refractivity contribution in [2.75, 3.05) is 0 Å². The summed E-state index contributed by atoms with van der Waals surface area (Å²) in [5.41, 5.74) is 8.01. The highest BCUT2D eigenvalue weighted by molar-refractivity contribution is 9.10. The van der Waals surface area contributed by atoms with Gasteiger partial charge in [-0.05, 0) is 76.5 Å². The van der Waals surface area contributed by atoms with Crippen LogP contribution in [0.5, 0.6) is 0 Å². The molecule has 4 aromatic heterocycles. The van der Waals surface area contributed by atoms with Crippen LogP contribution in [0.2, 0.25) is 0 Å². The number of hydrogen-bond acceptors (Lipinski definition) is 3. The number of hydrogen-bond donors (Lipinski definition) is 0. The number of halogens is 1. The Bertz CT molecular complexity index is 2510. The predicted molar refractivity (Wildman–Crippen MR) is 185 cm³/mol. The second kappa shape index (κ2) is 9.60. The maximum absolute atomic E-state index is 4.38. The van der Waals surface area contributed by atoms with Gasteiger partial charge in [-0.15, -0.1) is 11.3 Å². The van der Waals surface area contributed by atoms with Crippen LogP contribution in [0, 0.1) is 0 Å². The van der Waals surface area contributed by atoms with Crippen LogP contribution in [-0.2, 0) is 0 Å². The second-order valence-corrected chi connectivity index (χ2v) is 12.8. The fourth-order valence-electron chi connectivity index (χ4n) is 6.42. The zero-order chi connectivity index (χ0) is 28.5. The molecule has 0 radical (unpaired) electrons. The third kappa shape index (κ3) is 3.86. The molecule has 9 aromatic rings. The van der Waals surface area contributed by atoms with E-state index < -0.39 is 0 Å². The molecule has 0 saturated carbocycles. The SMILES string of the molecule is Brc1cc2ccccc2c2sc3cc4c5cc(-c6cccnc6)ccc5n(-c5cccc(-c6cccnc6)c5)c4cc3c12. The summed E-state index contributed by atoms with van der Waals surface area (Å²) in [6.45, 7) is 0. The van der Waals surface area contributed by atoms with Gasteiger partial charge >= 0.3 is 0 Å². The van der Waals surface area contributed by atoms with Crippen molar-refractivity contribution in [3.63, 3.8) is 0 Å². The molecule has 0 bridgehead atoms. The van der Waals surface area contributed by atoms with Gasteiger partial charge in [-0.2, -0.15) is 0 Å². The number of fused-ring (bicyclic) bond motifs is 8. The Hall–Kier alpha value is -4.84. The maximum atomic E-state index is 4.38. The number of thiophene rings is 1. The molecule has 5 heteroatoms. The van der Waals surface area contributed by atoms with Crippen molar-refractivity contribution in [3.8, 4) is 27.9 Å². The Labute approximate surface area is 259 Å². The second-order valence-electron chi connectivity index (χ2n) is 10.9. The Morgan fingerprint density at radius 2 is 1.30 bits per heavy atom. The molecule has 0 fully saturated rings. The highest BCUT2D eigenvalue weighted by atomic mass is 79.9. The molecule has 0 saturated heterocycles. The normalized spacial score (nSPS) is 11.8. The minimum atomic E-state index is 1.10. The van der Waals surface area contributed by atoms with Crippen LogP contribution in [0.4, 0.5) is 0 Å². The lowest BCUT2D eigenvalue weighted by Crippen LogP contribution is -1.94. The van der Waals surface area contributed by atoms with Crippen molar-refractivity contribution in [2.24, 2.45) is 0 Å². The highest BCUT2D eigenvalue weighted by Gasteiger charge is 2.19. The molecule has 3 nitrogen and oxygen atoms in total. The first kappa shape index (κ1) is 24.7. The average Bonchev–Trinajstić information content (AvgIpc) is 3.60. The van der Waals surface area contributed by atoms with Crippen molar-refractivity contribution in [3.05, 3.63) is 138 Å². The molecule has 5 aromatic carbocycles. The van der Waals surface area contributed by atoms with Crippen LogP contribution in [-0.4, -0.2) is 14.5 Å². The number of aromatic nitrogens is 3. The smallest absolute Gasteiger partial charge is 0.0548 e. The van der Waals surface area contributed by atoms with Crippen LogP contribution in [0.1, 0.15) is 0 Å². The Kier molecular flexibility index (Phi) is 5.52. The number of rotatable bonds is 3. The average molecular weight is 633 g/mol. The van der Waals surface area contributed by atoms with E-state index in [0.717, 1.165) is 32.4 Å². The van der Waals surface area contributed by atoms with Gasteiger partial charge in [0, 0.05) is 77.0 Å². The molecule has 0 amide bonds. The summed E-state index contributed by atoms with van der Waals surface area (Å²) >= 11 is 5.82. The van der Waals surface area contributed by atoms with Gasteiger partial charge in [-0.25, -0.2) is 0 Å². The first-order valence-electron chi connectivity index (χ1n) is 14.2. The molecular weight excluding hydrogens is 610 g/mol. The molecule has 0 spiro atoms. The quantitative estimate of drug-likeness (QED) is 0.194. The minimum Gasteiger partial charge on any atom is -0.309 e. The number of pyridine rings is 2. The molecule has 0 N–H and O–H groups in total. The van der Waals surface area contributed by atoms with Crippen molar-refractivity contribution in [1.82, 2.24) is 14.5 Å². The van der Waals surface area contributed by atoms with Crippen LogP contribution >= 0.6 is 27.3 Å².